The van der Waals surface area contributed by atoms with Crippen molar-refractivity contribution in [2.75, 3.05) is 6.61 Å². The fourth-order valence-corrected chi connectivity index (χ4v) is 2.85. The first-order valence-electron chi connectivity index (χ1n) is 6.92. The number of ether oxygens (including phenoxy) is 1. The van der Waals surface area contributed by atoms with Gasteiger partial charge >= 0.3 is 11.7 Å². The van der Waals surface area contributed by atoms with Crippen LogP contribution < -0.4 is 0 Å². The van der Waals surface area contributed by atoms with E-state index in [1.165, 1.54) is 0 Å². The lowest BCUT2D eigenvalue weighted by atomic mass is 10.00. The number of esters is 1. The molecule has 0 N–H and O–H groups in total. The molecule has 1 unspecified atom stereocenters. The summed E-state index contributed by atoms with van der Waals surface area (Å²) in [6.07, 6.45) is -0.720. The molecule has 1 aromatic rings. The molecule has 6 heteroatoms. The van der Waals surface area contributed by atoms with Crippen molar-refractivity contribution in [1.29, 1.82) is 0 Å². The summed E-state index contributed by atoms with van der Waals surface area (Å²) in [4.78, 5) is 15.2. The molecule has 0 bridgehead atoms. The van der Waals surface area contributed by atoms with Crippen molar-refractivity contribution in [2.45, 2.75) is 39.6 Å². The first-order valence-corrected chi connectivity index (χ1v) is 10.3. The molecule has 0 aliphatic rings. The number of carbonyl (C=O) groups is 1. The first-order chi connectivity index (χ1) is 9.80. The van der Waals surface area contributed by atoms with Crippen LogP contribution in [0.3, 0.4) is 0 Å². The summed E-state index contributed by atoms with van der Waals surface area (Å²) in [5.74, 6) is -0.661. The summed E-state index contributed by atoms with van der Waals surface area (Å²) in [6.45, 7) is 9.88. The molecule has 0 fully saturated rings. The lowest BCUT2D eigenvalue weighted by molar-refractivity contribution is -0.141. The number of hydrogen-bond donors (Lipinski definition) is 0. The number of nitrogens with zero attached hydrogens (tertiary/aromatic N) is 2. The molecule has 1 atom stereocenters. The quantitative estimate of drug-likeness (QED) is 0.266. The Morgan fingerprint density at radius 2 is 1.95 bits per heavy atom. The van der Waals surface area contributed by atoms with Gasteiger partial charge in [-0.3, -0.25) is 0 Å². The largest absolute Gasteiger partial charge is 0.457 e. The Morgan fingerprint density at radius 1 is 1.33 bits per heavy atom. The molecule has 0 aromatic heterocycles. The standard InChI is InChI=1S/C15H22N2O3Si/c1-6-19-15(18)13(17-16)14(20-21(3,4)5)12-10-8-7-9-11(12)2/h7-10,14H,6H2,1-5H3. The third kappa shape index (κ3) is 4.93. The van der Waals surface area contributed by atoms with Crippen LogP contribution in [0.1, 0.15) is 24.2 Å². The lowest BCUT2D eigenvalue weighted by Crippen LogP contribution is -2.36. The highest BCUT2D eigenvalue weighted by molar-refractivity contribution is 6.70. The fraction of sp³-hybridized carbons (Fsp3) is 0.467. The van der Waals surface area contributed by atoms with E-state index < -0.39 is 20.4 Å². The third-order valence-corrected chi connectivity index (χ3v) is 3.73. The summed E-state index contributed by atoms with van der Waals surface area (Å²) in [5, 5.41) is 0. The minimum Gasteiger partial charge on any atom is -0.457 e. The predicted molar refractivity (Wildman–Crippen MR) is 83.6 cm³/mol. The second kappa shape index (κ2) is 7.31. The number of benzene rings is 1. The molecule has 0 spiro atoms. The number of carbonyl (C=O) groups excluding carboxylic acids is 1. The van der Waals surface area contributed by atoms with E-state index >= 15 is 0 Å². The summed E-state index contributed by atoms with van der Waals surface area (Å²) >= 11 is 0. The molecule has 21 heavy (non-hydrogen) atoms. The van der Waals surface area contributed by atoms with Crippen molar-refractivity contribution in [2.24, 2.45) is 0 Å². The molecule has 114 valence electrons. The van der Waals surface area contributed by atoms with Gasteiger partial charge in [0.25, 0.3) is 0 Å². The van der Waals surface area contributed by atoms with Crippen LogP contribution in [-0.4, -0.2) is 31.4 Å². The minimum atomic E-state index is -1.97. The topological polar surface area (TPSA) is 71.9 Å². The Labute approximate surface area is 126 Å². The number of rotatable bonds is 6. The Balaban J connectivity index is 3.29. The van der Waals surface area contributed by atoms with E-state index in [9.17, 15) is 10.3 Å². The van der Waals surface area contributed by atoms with Gasteiger partial charge in [-0.15, -0.1) is 0 Å². The second-order valence-corrected chi connectivity index (χ2v) is 10.1. The van der Waals surface area contributed by atoms with Gasteiger partial charge in [0.05, 0.1) is 6.61 Å². The lowest BCUT2D eigenvalue weighted by Gasteiger charge is -2.24. The highest BCUT2D eigenvalue weighted by Gasteiger charge is 2.38. The zero-order chi connectivity index (χ0) is 16.0. The van der Waals surface area contributed by atoms with E-state index in [4.69, 9.17) is 9.16 Å². The van der Waals surface area contributed by atoms with Crippen molar-refractivity contribution < 1.29 is 18.7 Å². The summed E-state index contributed by atoms with van der Waals surface area (Å²) in [5.41, 5.74) is 10.9. The first kappa shape index (κ1) is 17.3. The number of hydrogen-bond acceptors (Lipinski definition) is 3. The summed E-state index contributed by atoms with van der Waals surface area (Å²) in [7, 11) is -1.97. The monoisotopic (exact) mass is 306 g/mol. The molecule has 0 saturated heterocycles. The Bertz CT molecular complexity index is 560. The van der Waals surface area contributed by atoms with Gasteiger partial charge < -0.3 is 14.7 Å². The Morgan fingerprint density at radius 3 is 2.43 bits per heavy atom. The smallest absolute Gasteiger partial charge is 0.420 e. The summed E-state index contributed by atoms with van der Waals surface area (Å²) < 4.78 is 11.0. The average molecular weight is 306 g/mol. The van der Waals surface area contributed by atoms with Gasteiger partial charge in [0.15, 0.2) is 14.4 Å². The minimum absolute atomic E-state index is 0.117. The van der Waals surface area contributed by atoms with Crippen molar-refractivity contribution >= 4 is 20.0 Å². The SMILES string of the molecule is CCOC(=O)C(=[N+]=[N-])C(O[Si](C)(C)C)c1ccccc1C. The van der Waals surface area contributed by atoms with E-state index in [2.05, 4.69) is 4.79 Å². The molecule has 0 radical (unpaired) electrons. The van der Waals surface area contributed by atoms with Crippen LogP contribution >= 0.6 is 0 Å². The average Bonchev–Trinajstić information content (AvgIpc) is 2.38. The van der Waals surface area contributed by atoms with E-state index in [1.807, 2.05) is 50.8 Å². The van der Waals surface area contributed by atoms with Gasteiger partial charge in [0, 0.05) is 0 Å². The zero-order valence-corrected chi connectivity index (χ0v) is 14.2. The highest BCUT2D eigenvalue weighted by atomic mass is 28.4. The van der Waals surface area contributed by atoms with Crippen molar-refractivity contribution in [3.63, 3.8) is 0 Å². The van der Waals surface area contributed by atoms with Crippen LogP contribution in [0.15, 0.2) is 24.3 Å². The maximum atomic E-state index is 12.0. The molecule has 0 aliphatic carbocycles. The van der Waals surface area contributed by atoms with Gasteiger partial charge in [-0.05, 0) is 44.6 Å². The third-order valence-electron chi connectivity index (χ3n) is 2.78. The molecule has 1 aromatic carbocycles. The van der Waals surface area contributed by atoms with Crippen LogP contribution in [0.4, 0.5) is 0 Å². The van der Waals surface area contributed by atoms with Gasteiger partial charge in [-0.25, -0.2) is 4.79 Å². The van der Waals surface area contributed by atoms with Crippen molar-refractivity contribution in [1.82, 2.24) is 0 Å². The molecule has 0 heterocycles. The van der Waals surface area contributed by atoms with E-state index in [0.29, 0.717) is 0 Å². The molecule has 0 amide bonds. The second-order valence-electron chi connectivity index (χ2n) is 5.67. The van der Waals surface area contributed by atoms with E-state index in [0.717, 1.165) is 11.1 Å². The molecule has 0 aliphatic heterocycles. The number of aryl methyl sites for hydroxylation is 1. The van der Waals surface area contributed by atoms with Crippen LogP contribution in [0.2, 0.25) is 19.6 Å². The molecular weight excluding hydrogens is 284 g/mol. The molecular formula is C15H22N2O3Si. The predicted octanol–water partition coefficient (Wildman–Crippen LogP) is 3.12. The molecule has 1 rings (SSSR count). The van der Waals surface area contributed by atoms with Crippen molar-refractivity contribution in [3.05, 3.63) is 40.9 Å². The van der Waals surface area contributed by atoms with Gasteiger partial charge in [0.2, 0.25) is 0 Å². The van der Waals surface area contributed by atoms with Crippen LogP contribution in [-0.2, 0) is 14.0 Å². The van der Waals surface area contributed by atoms with Crippen LogP contribution in [0.25, 0.3) is 5.53 Å². The zero-order valence-electron chi connectivity index (χ0n) is 13.2. The Kier molecular flexibility index (Phi) is 6.02. The van der Waals surface area contributed by atoms with E-state index in [-0.39, 0.29) is 12.3 Å². The maximum absolute atomic E-state index is 12.0. The summed E-state index contributed by atoms with van der Waals surface area (Å²) in [6, 6.07) is 7.56. The highest BCUT2D eigenvalue weighted by Crippen LogP contribution is 2.26. The Hall–Kier alpha value is -1.75. The maximum Gasteiger partial charge on any atom is 0.420 e. The van der Waals surface area contributed by atoms with Gasteiger partial charge in [-0.2, -0.15) is 4.79 Å². The van der Waals surface area contributed by atoms with Crippen LogP contribution in [0.5, 0.6) is 0 Å². The van der Waals surface area contributed by atoms with Crippen molar-refractivity contribution in [3.8, 4) is 0 Å². The molecule has 5 nitrogen and oxygen atoms in total. The van der Waals surface area contributed by atoms with Gasteiger partial charge in [0.1, 0.15) is 0 Å². The fourth-order valence-electron chi connectivity index (χ4n) is 1.91. The normalized spacial score (nSPS) is 12.4. The van der Waals surface area contributed by atoms with E-state index in [1.54, 1.807) is 6.92 Å². The molecule has 0 saturated carbocycles. The van der Waals surface area contributed by atoms with Crippen LogP contribution in [0, 0.1) is 6.92 Å². The van der Waals surface area contributed by atoms with Gasteiger partial charge in [-0.1, -0.05) is 24.3 Å².